The average Bonchev–Trinajstić information content (AvgIpc) is 1.92. The molecule has 0 aliphatic carbocycles. The van der Waals surface area contributed by atoms with E-state index < -0.39 is 0 Å². The summed E-state index contributed by atoms with van der Waals surface area (Å²) in [6, 6.07) is 0. The van der Waals surface area contributed by atoms with Crippen molar-refractivity contribution in [1.29, 1.82) is 0 Å². The van der Waals surface area contributed by atoms with Gasteiger partial charge in [-0.3, -0.25) is 0 Å². The van der Waals surface area contributed by atoms with Crippen molar-refractivity contribution in [3.63, 3.8) is 0 Å². The van der Waals surface area contributed by atoms with Crippen LogP contribution < -0.4 is 5.32 Å². The fourth-order valence-electron chi connectivity index (χ4n) is 0.824. The second-order valence-electron chi connectivity index (χ2n) is 5.47. The van der Waals surface area contributed by atoms with Crippen molar-refractivity contribution in [3.05, 3.63) is 0 Å². The molecule has 0 aromatic carbocycles. The highest BCUT2D eigenvalue weighted by molar-refractivity contribution is 8.00. The van der Waals surface area contributed by atoms with Crippen molar-refractivity contribution in [2.45, 2.75) is 51.8 Å². The van der Waals surface area contributed by atoms with E-state index in [1.807, 2.05) is 20.8 Å². The number of hydrogen-bond donors (Lipinski definition) is 1. The van der Waals surface area contributed by atoms with E-state index in [1.54, 1.807) is 11.8 Å². The van der Waals surface area contributed by atoms with Crippen molar-refractivity contribution < 1.29 is 9.53 Å². The quantitative estimate of drug-likeness (QED) is 0.761. The van der Waals surface area contributed by atoms with Crippen LogP contribution in [-0.4, -0.2) is 28.7 Å². The Kier molecular flexibility index (Phi) is 5.49. The van der Waals surface area contributed by atoms with Gasteiger partial charge < -0.3 is 10.1 Å². The number of carbonyl (C=O) groups excluding carboxylic acids is 1. The molecule has 0 aliphatic heterocycles. The van der Waals surface area contributed by atoms with E-state index in [0.717, 1.165) is 5.75 Å². The maximum Gasteiger partial charge on any atom is 0.407 e. The second-order valence-corrected chi connectivity index (χ2v) is 7.39. The summed E-state index contributed by atoms with van der Waals surface area (Å²) in [5.41, 5.74) is -0.228. The number of thioether (sulfide) groups is 1. The Hall–Kier alpha value is -0.380. The van der Waals surface area contributed by atoms with Gasteiger partial charge in [0, 0.05) is 16.0 Å². The topological polar surface area (TPSA) is 38.3 Å². The summed E-state index contributed by atoms with van der Waals surface area (Å²) in [5.74, 6) is 0.834. The Labute approximate surface area is 97.3 Å². The van der Waals surface area contributed by atoms with Crippen LogP contribution in [0, 0.1) is 0 Å². The molecular weight excluding hydrogens is 210 g/mol. The molecule has 0 radical (unpaired) electrons. The van der Waals surface area contributed by atoms with Crippen molar-refractivity contribution >= 4 is 17.9 Å². The van der Waals surface area contributed by atoms with E-state index in [-0.39, 0.29) is 16.4 Å². The first-order chi connectivity index (χ1) is 6.60. The Morgan fingerprint density at radius 3 is 2.13 bits per heavy atom. The SMILES string of the molecule is CC(C)(C)NC(=O)OCCSC(C)(C)C. The predicted molar refractivity (Wildman–Crippen MR) is 66.4 cm³/mol. The average molecular weight is 233 g/mol. The van der Waals surface area contributed by atoms with Crippen LogP contribution in [-0.2, 0) is 4.74 Å². The molecule has 0 unspecified atom stereocenters. The normalized spacial score (nSPS) is 12.4. The van der Waals surface area contributed by atoms with Gasteiger partial charge in [-0.25, -0.2) is 4.79 Å². The fraction of sp³-hybridized carbons (Fsp3) is 0.909. The molecule has 15 heavy (non-hydrogen) atoms. The van der Waals surface area contributed by atoms with Crippen LogP contribution >= 0.6 is 11.8 Å². The molecule has 3 nitrogen and oxygen atoms in total. The summed E-state index contributed by atoms with van der Waals surface area (Å²) in [6.07, 6.45) is -0.336. The molecule has 0 bridgehead atoms. The molecule has 0 rings (SSSR count). The molecule has 0 aliphatic rings. The van der Waals surface area contributed by atoms with Gasteiger partial charge in [-0.2, -0.15) is 11.8 Å². The van der Waals surface area contributed by atoms with Crippen LogP contribution in [0.25, 0.3) is 0 Å². The Bertz CT molecular complexity index is 204. The van der Waals surface area contributed by atoms with E-state index in [4.69, 9.17) is 4.74 Å². The highest BCUT2D eigenvalue weighted by atomic mass is 32.2. The van der Waals surface area contributed by atoms with Gasteiger partial charge in [0.05, 0.1) is 0 Å². The smallest absolute Gasteiger partial charge is 0.407 e. The summed E-state index contributed by atoms with van der Waals surface area (Å²) < 4.78 is 5.27. The van der Waals surface area contributed by atoms with Crippen LogP contribution in [0.3, 0.4) is 0 Å². The van der Waals surface area contributed by atoms with E-state index in [0.29, 0.717) is 6.61 Å². The Morgan fingerprint density at radius 2 is 1.73 bits per heavy atom. The standard InChI is InChI=1S/C11H23NO2S/c1-10(2,3)12-9(13)14-7-8-15-11(4,5)6/h7-8H2,1-6H3,(H,12,13). The number of hydrogen-bond acceptors (Lipinski definition) is 3. The summed E-state index contributed by atoms with van der Waals surface area (Å²) in [6.45, 7) is 12.7. The molecule has 90 valence electrons. The zero-order chi connectivity index (χ0) is 12.1. The minimum Gasteiger partial charge on any atom is -0.449 e. The number of nitrogens with one attached hydrogen (secondary N) is 1. The Morgan fingerprint density at radius 1 is 1.20 bits per heavy atom. The molecule has 0 saturated carbocycles. The van der Waals surface area contributed by atoms with Gasteiger partial charge in [0.25, 0.3) is 0 Å². The summed E-state index contributed by atoms with van der Waals surface area (Å²) in [7, 11) is 0. The number of rotatable bonds is 3. The molecule has 0 aromatic heterocycles. The van der Waals surface area contributed by atoms with E-state index >= 15 is 0 Å². The summed E-state index contributed by atoms with van der Waals surface area (Å²) in [5, 5.41) is 2.75. The number of amides is 1. The highest BCUT2D eigenvalue weighted by Crippen LogP contribution is 2.22. The molecule has 0 fully saturated rings. The zero-order valence-corrected chi connectivity index (χ0v) is 11.5. The molecule has 0 atom stereocenters. The lowest BCUT2D eigenvalue weighted by Gasteiger charge is -2.21. The van der Waals surface area contributed by atoms with Crippen molar-refractivity contribution in [3.8, 4) is 0 Å². The third-order valence-electron chi connectivity index (χ3n) is 1.33. The summed E-state index contributed by atoms with van der Waals surface area (Å²) in [4.78, 5) is 11.2. The van der Waals surface area contributed by atoms with Crippen LogP contribution in [0.4, 0.5) is 4.79 Å². The lowest BCUT2D eigenvalue weighted by Crippen LogP contribution is -2.41. The Balaban J connectivity index is 3.57. The third kappa shape index (κ3) is 11.5. The number of alkyl carbamates (subject to hydrolysis) is 1. The van der Waals surface area contributed by atoms with Crippen LogP contribution in [0.1, 0.15) is 41.5 Å². The zero-order valence-electron chi connectivity index (χ0n) is 10.6. The van der Waals surface area contributed by atoms with Gasteiger partial charge in [-0.1, -0.05) is 20.8 Å². The monoisotopic (exact) mass is 233 g/mol. The van der Waals surface area contributed by atoms with Crippen molar-refractivity contribution in [2.24, 2.45) is 0 Å². The van der Waals surface area contributed by atoms with Crippen LogP contribution in [0.2, 0.25) is 0 Å². The van der Waals surface area contributed by atoms with Gasteiger partial charge in [0.2, 0.25) is 0 Å². The maximum absolute atomic E-state index is 11.2. The van der Waals surface area contributed by atoms with E-state index in [1.165, 1.54) is 0 Å². The molecule has 0 heterocycles. The van der Waals surface area contributed by atoms with Gasteiger partial charge in [-0.05, 0) is 20.8 Å². The largest absolute Gasteiger partial charge is 0.449 e. The minimum absolute atomic E-state index is 0.226. The van der Waals surface area contributed by atoms with Gasteiger partial charge in [0.1, 0.15) is 6.61 Å². The van der Waals surface area contributed by atoms with Crippen molar-refractivity contribution in [1.82, 2.24) is 5.32 Å². The summed E-state index contributed by atoms with van der Waals surface area (Å²) >= 11 is 1.79. The van der Waals surface area contributed by atoms with Gasteiger partial charge in [0.15, 0.2) is 0 Å². The number of ether oxygens (including phenoxy) is 1. The predicted octanol–water partition coefficient (Wildman–Crippen LogP) is 3.04. The van der Waals surface area contributed by atoms with E-state index in [2.05, 4.69) is 26.1 Å². The molecule has 1 amide bonds. The molecule has 1 N–H and O–H groups in total. The first kappa shape index (κ1) is 14.6. The van der Waals surface area contributed by atoms with Crippen LogP contribution in [0.15, 0.2) is 0 Å². The molecule has 0 aromatic rings. The van der Waals surface area contributed by atoms with Crippen molar-refractivity contribution in [2.75, 3.05) is 12.4 Å². The first-order valence-electron chi connectivity index (χ1n) is 5.19. The maximum atomic E-state index is 11.2. The molecule has 0 spiro atoms. The van der Waals surface area contributed by atoms with Gasteiger partial charge in [-0.15, -0.1) is 0 Å². The number of carbonyl (C=O) groups is 1. The fourth-order valence-corrected chi connectivity index (χ4v) is 1.60. The lowest BCUT2D eigenvalue weighted by molar-refractivity contribution is 0.144. The third-order valence-corrected chi connectivity index (χ3v) is 2.57. The molecule has 0 saturated heterocycles. The highest BCUT2D eigenvalue weighted by Gasteiger charge is 2.15. The first-order valence-corrected chi connectivity index (χ1v) is 6.18. The van der Waals surface area contributed by atoms with Crippen LogP contribution in [0.5, 0.6) is 0 Å². The van der Waals surface area contributed by atoms with E-state index in [9.17, 15) is 4.79 Å². The van der Waals surface area contributed by atoms with Gasteiger partial charge >= 0.3 is 6.09 Å². The lowest BCUT2D eigenvalue weighted by atomic mass is 10.1. The second kappa shape index (κ2) is 5.64. The molecular formula is C11H23NO2S. The minimum atomic E-state index is -0.336. The molecule has 4 heteroatoms.